The fourth-order valence-electron chi connectivity index (χ4n) is 1.74. The lowest BCUT2D eigenvalue weighted by Gasteiger charge is -2.12. The Labute approximate surface area is 114 Å². The first kappa shape index (κ1) is 13.1. The van der Waals surface area contributed by atoms with Crippen molar-refractivity contribution in [1.29, 1.82) is 0 Å². The van der Waals surface area contributed by atoms with Gasteiger partial charge in [-0.3, -0.25) is 0 Å². The molecule has 3 N–H and O–H groups in total. The molecule has 94 valence electrons. The number of hydrogen-bond donors (Lipinski definition) is 2. The van der Waals surface area contributed by atoms with Gasteiger partial charge in [-0.2, -0.15) is 0 Å². The summed E-state index contributed by atoms with van der Waals surface area (Å²) in [6, 6.07) is 12.5. The quantitative estimate of drug-likeness (QED) is 0.901. The minimum Gasteiger partial charge on any atom is -0.355 e. The van der Waals surface area contributed by atoms with Crippen LogP contribution in [0.5, 0.6) is 0 Å². The molecule has 0 aromatic heterocycles. The summed E-state index contributed by atoms with van der Waals surface area (Å²) < 4.78 is 14.2. The van der Waals surface area contributed by atoms with E-state index < -0.39 is 0 Å². The van der Waals surface area contributed by atoms with Gasteiger partial charge in [-0.15, -0.1) is 0 Å². The van der Waals surface area contributed by atoms with Gasteiger partial charge in [0.25, 0.3) is 0 Å². The van der Waals surface area contributed by atoms with Gasteiger partial charge in [0.05, 0.1) is 0 Å². The van der Waals surface area contributed by atoms with Crippen LogP contribution in [-0.2, 0) is 6.42 Å². The zero-order valence-electron chi connectivity index (χ0n) is 9.79. The Morgan fingerprint density at radius 2 is 1.83 bits per heavy atom. The van der Waals surface area contributed by atoms with Crippen LogP contribution in [0.4, 0.5) is 15.8 Å². The molecule has 0 aliphatic rings. The van der Waals surface area contributed by atoms with Gasteiger partial charge in [-0.05, 0) is 61.0 Å². The Bertz CT molecular complexity index is 526. The van der Waals surface area contributed by atoms with E-state index in [2.05, 4.69) is 21.2 Å². The Kier molecular flexibility index (Phi) is 4.33. The normalized spacial score (nSPS) is 10.4. The third-order valence-electron chi connectivity index (χ3n) is 2.60. The van der Waals surface area contributed by atoms with Gasteiger partial charge in [0.1, 0.15) is 5.82 Å². The van der Waals surface area contributed by atoms with E-state index in [1.54, 1.807) is 6.07 Å². The monoisotopic (exact) mass is 308 g/mol. The molecule has 2 rings (SSSR count). The highest BCUT2D eigenvalue weighted by molar-refractivity contribution is 9.10. The van der Waals surface area contributed by atoms with Gasteiger partial charge in [0, 0.05) is 15.8 Å². The van der Waals surface area contributed by atoms with Crippen molar-refractivity contribution in [2.45, 2.75) is 6.42 Å². The molecule has 0 fully saturated rings. The fraction of sp³-hybridized carbons (Fsp3) is 0.143. The SMILES string of the molecule is NCCc1cc(F)ccc1Nc1ccc(Br)cc1. The van der Waals surface area contributed by atoms with E-state index in [4.69, 9.17) is 5.73 Å². The molecule has 4 heteroatoms. The van der Waals surface area contributed by atoms with E-state index in [0.29, 0.717) is 13.0 Å². The number of anilines is 2. The number of hydrogen-bond acceptors (Lipinski definition) is 2. The number of benzene rings is 2. The molecule has 0 unspecified atom stereocenters. The van der Waals surface area contributed by atoms with Crippen molar-refractivity contribution in [3.05, 3.63) is 58.3 Å². The number of halogens is 2. The van der Waals surface area contributed by atoms with E-state index in [1.165, 1.54) is 12.1 Å². The van der Waals surface area contributed by atoms with E-state index in [1.807, 2.05) is 24.3 Å². The Morgan fingerprint density at radius 1 is 1.11 bits per heavy atom. The maximum Gasteiger partial charge on any atom is 0.123 e. The first-order valence-corrected chi connectivity index (χ1v) is 6.49. The lowest BCUT2D eigenvalue weighted by Crippen LogP contribution is -2.05. The highest BCUT2D eigenvalue weighted by atomic mass is 79.9. The summed E-state index contributed by atoms with van der Waals surface area (Å²) in [4.78, 5) is 0. The lowest BCUT2D eigenvalue weighted by molar-refractivity contribution is 0.625. The van der Waals surface area contributed by atoms with Gasteiger partial charge in [0.2, 0.25) is 0 Å². The molecule has 2 aromatic rings. The Morgan fingerprint density at radius 3 is 2.50 bits per heavy atom. The topological polar surface area (TPSA) is 38.0 Å². The van der Waals surface area contributed by atoms with E-state index >= 15 is 0 Å². The van der Waals surface area contributed by atoms with Crippen molar-refractivity contribution >= 4 is 27.3 Å². The van der Waals surface area contributed by atoms with E-state index in [0.717, 1.165) is 21.4 Å². The van der Waals surface area contributed by atoms with Crippen LogP contribution in [-0.4, -0.2) is 6.54 Å². The molecule has 0 spiro atoms. The maximum atomic E-state index is 13.2. The predicted octanol–water partition coefficient (Wildman–Crippen LogP) is 3.83. The molecule has 0 saturated heterocycles. The van der Waals surface area contributed by atoms with Crippen LogP contribution in [0.1, 0.15) is 5.56 Å². The van der Waals surface area contributed by atoms with Gasteiger partial charge >= 0.3 is 0 Å². The van der Waals surface area contributed by atoms with Gasteiger partial charge in [0.15, 0.2) is 0 Å². The number of nitrogens with two attached hydrogens (primary N) is 1. The number of rotatable bonds is 4. The second-order valence-electron chi connectivity index (χ2n) is 3.97. The minimum absolute atomic E-state index is 0.236. The highest BCUT2D eigenvalue weighted by Crippen LogP contribution is 2.23. The third-order valence-corrected chi connectivity index (χ3v) is 3.13. The average Bonchev–Trinajstić information content (AvgIpc) is 2.36. The van der Waals surface area contributed by atoms with Crippen LogP contribution < -0.4 is 11.1 Å². The van der Waals surface area contributed by atoms with Gasteiger partial charge in [-0.1, -0.05) is 15.9 Å². The van der Waals surface area contributed by atoms with Gasteiger partial charge < -0.3 is 11.1 Å². The first-order valence-electron chi connectivity index (χ1n) is 5.70. The summed E-state index contributed by atoms with van der Waals surface area (Å²) in [6.07, 6.45) is 0.649. The lowest BCUT2D eigenvalue weighted by atomic mass is 10.1. The molecule has 0 radical (unpaired) electrons. The molecule has 18 heavy (non-hydrogen) atoms. The smallest absolute Gasteiger partial charge is 0.123 e. The van der Waals surface area contributed by atoms with Crippen LogP contribution in [0, 0.1) is 5.82 Å². The average molecular weight is 309 g/mol. The molecule has 0 aliphatic heterocycles. The summed E-state index contributed by atoms with van der Waals surface area (Å²) >= 11 is 3.39. The molecule has 0 aliphatic carbocycles. The number of nitrogens with one attached hydrogen (secondary N) is 1. The Balaban J connectivity index is 2.25. The third kappa shape index (κ3) is 3.31. The second-order valence-corrected chi connectivity index (χ2v) is 4.89. The van der Waals surface area contributed by atoms with Crippen molar-refractivity contribution < 1.29 is 4.39 Å². The summed E-state index contributed by atoms with van der Waals surface area (Å²) in [6.45, 7) is 0.498. The van der Waals surface area contributed by atoms with Crippen LogP contribution in [0.15, 0.2) is 46.9 Å². The van der Waals surface area contributed by atoms with Crippen molar-refractivity contribution in [2.24, 2.45) is 5.73 Å². The molecular formula is C14H14BrFN2. The molecule has 0 heterocycles. The standard InChI is InChI=1S/C14H14BrFN2/c15-11-1-4-13(5-2-11)18-14-6-3-12(16)9-10(14)7-8-17/h1-6,9,18H,7-8,17H2. The summed E-state index contributed by atoms with van der Waals surface area (Å²) in [7, 11) is 0. The molecular weight excluding hydrogens is 295 g/mol. The summed E-state index contributed by atoms with van der Waals surface area (Å²) in [5.41, 5.74) is 8.28. The van der Waals surface area contributed by atoms with Crippen molar-refractivity contribution in [1.82, 2.24) is 0 Å². The largest absolute Gasteiger partial charge is 0.355 e. The molecule has 2 nitrogen and oxygen atoms in total. The highest BCUT2D eigenvalue weighted by Gasteiger charge is 2.04. The maximum absolute atomic E-state index is 13.2. The first-order chi connectivity index (χ1) is 8.69. The fourth-order valence-corrected chi connectivity index (χ4v) is 2.00. The van der Waals surface area contributed by atoms with Crippen molar-refractivity contribution in [3.63, 3.8) is 0 Å². The molecule has 0 bridgehead atoms. The predicted molar refractivity (Wildman–Crippen MR) is 76.6 cm³/mol. The molecule has 0 atom stereocenters. The van der Waals surface area contributed by atoms with E-state index in [-0.39, 0.29) is 5.82 Å². The second kappa shape index (κ2) is 5.98. The van der Waals surface area contributed by atoms with Crippen LogP contribution >= 0.6 is 15.9 Å². The summed E-state index contributed by atoms with van der Waals surface area (Å²) in [5.74, 6) is -0.236. The van der Waals surface area contributed by atoms with Crippen LogP contribution in [0.3, 0.4) is 0 Å². The minimum atomic E-state index is -0.236. The zero-order valence-corrected chi connectivity index (χ0v) is 11.4. The van der Waals surface area contributed by atoms with Crippen molar-refractivity contribution in [2.75, 3.05) is 11.9 Å². The molecule has 0 amide bonds. The Hall–Kier alpha value is -1.39. The van der Waals surface area contributed by atoms with Gasteiger partial charge in [-0.25, -0.2) is 4.39 Å². The summed E-state index contributed by atoms with van der Waals surface area (Å²) in [5, 5.41) is 3.27. The molecule has 2 aromatic carbocycles. The molecule has 0 saturated carbocycles. The van der Waals surface area contributed by atoms with Crippen molar-refractivity contribution in [3.8, 4) is 0 Å². The van der Waals surface area contributed by atoms with Crippen LogP contribution in [0.2, 0.25) is 0 Å². The van der Waals surface area contributed by atoms with Crippen LogP contribution in [0.25, 0.3) is 0 Å². The zero-order chi connectivity index (χ0) is 13.0. The van der Waals surface area contributed by atoms with E-state index in [9.17, 15) is 4.39 Å².